The molecule has 15 heavy (non-hydrogen) atoms. The van der Waals surface area contributed by atoms with Gasteiger partial charge in [0.1, 0.15) is 0 Å². The van der Waals surface area contributed by atoms with Gasteiger partial charge in [-0.15, -0.1) is 0 Å². The van der Waals surface area contributed by atoms with Gasteiger partial charge in [-0.25, -0.2) is 0 Å². The molecule has 0 aromatic heterocycles. The standard InChI is InChI=1S/C10H14N2O3/c1-13-8-4-7(6-12-11)5-9(14-2)10(8)15-3/h4-6H,11H2,1-3H3/b12-6+. The molecular weight excluding hydrogens is 196 g/mol. The van der Waals surface area contributed by atoms with E-state index in [9.17, 15) is 0 Å². The Morgan fingerprint density at radius 3 is 1.93 bits per heavy atom. The average Bonchev–Trinajstić information content (AvgIpc) is 2.28. The summed E-state index contributed by atoms with van der Waals surface area (Å²) < 4.78 is 15.5. The van der Waals surface area contributed by atoms with Gasteiger partial charge >= 0.3 is 0 Å². The van der Waals surface area contributed by atoms with Crippen molar-refractivity contribution >= 4 is 6.21 Å². The van der Waals surface area contributed by atoms with Crippen molar-refractivity contribution in [3.8, 4) is 17.2 Å². The number of hydrogen-bond donors (Lipinski definition) is 1. The first kappa shape index (κ1) is 11.2. The highest BCUT2D eigenvalue weighted by atomic mass is 16.5. The quantitative estimate of drug-likeness (QED) is 0.457. The van der Waals surface area contributed by atoms with E-state index in [1.807, 2.05) is 0 Å². The third-order valence-electron chi connectivity index (χ3n) is 1.91. The minimum Gasteiger partial charge on any atom is -0.493 e. The van der Waals surface area contributed by atoms with Crippen LogP contribution in [0.2, 0.25) is 0 Å². The minimum absolute atomic E-state index is 0.550. The van der Waals surface area contributed by atoms with Gasteiger partial charge in [0.25, 0.3) is 0 Å². The van der Waals surface area contributed by atoms with Gasteiger partial charge in [0.2, 0.25) is 5.75 Å². The summed E-state index contributed by atoms with van der Waals surface area (Å²) in [6.45, 7) is 0. The van der Waals surface area contributed by atoms with Gasteiger partial charge in [-0.05, 0) is 12.1 Å². The third-order valence-corrected chi connectivity index (χ3v) is 1.91. The van der Waals surface area contributed by atoms with E-state index in [0.29, 0.717) is 17.2 Å². The van der Waals surface area contributed by atoms with Crippen LogP contribution in [0.15, 0.2) is 17.2 Å². The molecule has 1 rings (SSSR count). The van der Waals surface area contributed by atoms with E-state index in [1.165, 1.54) is 6.21 Å². The molecule has 0 saturated carbocycles. The van der Waals surface area contributed by atoms with Crippen molar-refractivity contribution in [3.05, 3.63) is 17.7 Å². The molecule has 0 fully saturated rings. The topological polar surface area (TPSA) is 66.1 Å². The van der Waals surface area contributed by atoms with E-state index in [2.05, 4.69) is 5.10 Å². The highest BCUT2D eigenvalue weighted by Gasteiger charge is 2.11. The number of hydrazone groups is 1. The van der Waals surface area contributed by atoms with Crippen molar-refractivity contribution in [3.63, 3.8) is 0 Å². The molecule has 5 heteroatoms. The summed E-state index contributed by atoms with van der Waals surface area (Å²) in [6.07, 6.45) is 1.50. The lowest BCUT2D eigenvalue weighted by Gasteiger charge is -2.12. The van der Waals surface area contributed by atoms with E-state index in [1.54, 1.807) is 33.5 Å². The zero-order valence-electron chi connectivity index (χ0n) is 8.98. The largest absolute Gasteiger partial charge is 0.493 e. The fourth-order valence-corrected chi connectivity index (χ4v) is 1.26. The molecule has 0 radical (unpaired) electrons. The lowest BCUT2D eigenvalue weighted by molar-refractivity contribution is 0.324. The van der Waals surface area contributed by atoms with Crippen LogP contribution >= 0.6 is 0 Å². The van der Waals surface area contributed by atoms with Crippen LogP contribution in [-0.4, -0.2) is 27.5 Å². The second-order valence-corrected chi connectivity index (χ2v) is 2.74. The number of nitrogens with zero attached hydrogens (tertiary/aromatic N) is 1. The Balaban J connectivity index is 3.28. The van der Waals surface area contributed by atoms with Gasteiger partial charge < -0.3 is 20.1 Å². The van der Waals surface area contributed by atoms with Gasteiger partial charge in [0.15, 0.2) is 11.5 Å². The molecular formula is C10H14N2O3. The number of nitrogens with two attached hydrogens (primary N) is 1. The van der Waals surface area contributed by atoms with Crippen LogP contribution in [0.5, 0.6) is 17.2 Å². The van der Waals surface area contributed by atoms with E-state index in [4.69, 9.17) is 20.1 Å². The van der Waals surface area contributed by atoms with E-state index >= 15 is 0 Å². The molecule has 0 spiro atoms. The first-order valence-corrected chi connectivity index (χ1v) is 4.30. The van der Waals surface area contributed by atoms with E-state index in [-0.39, 0.29) is 0 Å². The molecule has 0 amide bonds. The number of rotatable bonds is 4. The summed E-state index contributed by atoms with van der Waals surface area (Å²) in [5, 5.41) is 3.44. The predicted octanol–water partition coefficient (Wildman–Crippen LogP) is 1.00. The minimum atomic E-state index is 0.550. The Hall–Kier alpha value is -1.91. The molecule has 0 bridgehead atoms. The summed E-state index contributed by atoms with van der Waals surface area (Å²) in [5.74, 6) is 6.77. The summed E-state index contributed by atoms with van der Waals surface area (Å²) in [4.78, 5) is 0. The van der Waals surface area contributed by atoms with Crippen molar-refractivity contribution < 1.29 is 14.2 Å². The summed E-state index contributed by atoms with van der Waals surface area (Å²) in [7, 11) is 4.67. The van der Waals surface area contributed by atoms with Crippen LogP contribution < -0.4 is 20.1 Å². The predicted molar refractivity (Wildman–Crippen MR) is 57.9 cm³/mol. The maximum absolute atomic E-state index is 5.17. The van der Waals surface area contributed by atoms with Gasteiger partial charge in [-0.1, -0.05) is 0 Å². The first-order valence-electron chi connectivity index (χ1n) is 4.30. The van der Waals surface area contributed by atoms with Crippen molar-refractivity contribution in [1.82, 2.24) is 0 Å². The zero-order valence-corrected chi connectivity index (χ0v) is 8.98. The molecule has 0 aliphatic carbocycles. The van der Waals surface area contributed by atoms with Gasteiger partial charge in [0.05, 0.1) is 27.5 Å². The van der Waals surface area contributed by atoms with Crippen LogP contribution in [0.4, 0.5) is 0 Å². The van der Waals surface area contributed by atoms with Crippen LogP contribution in [0, 0.1) is 0 Å². The Kier molecular flexibility index (Phi) is 3.79. The maximum atomic E-state index is 5.17. The van der Waals surface area contributed by atoms with Gasteiger partial charge in [-0.2, -0.15) is 5.10 Å². The fourth-order valence-electron chi connectivity index (χ4n) is 1.26. The normalized spacial score (nSPS) is 10.3. The molecule has 0 aliphatic heterocycles. The van der Waals surface area contributed by atoms with Crippen LogP contribution in [-0.2, 0) is 0 Å². The highest BCUT2D eigenvalue weighted by Crippen LogP contribution is 2.37. The Morgan fingerprint density at radius 1 is 1.07 bits per heavy atom. The average molecular weight is 210 g/mol. The molecule has 0 unspecified atom stereocenters. The van der Waals surface area contributed by atoms with E-state index in [0.717, 1.165) is 5.56 Å². The van der Waals surface area contributed by atoms with Crippen molar-refractivity contribution in [1.29, 1.82) is 0 Å². The maximum Gasteiger partial charge on any atom is 0.203 e. The van der Waals surface area contributed by atoms with Gasteiger partial charge in [0, 0.05) is 5.56 Å². The molecule has 82 valence electrons. The van der Waals surface area contributed by atoms with Crippen LogP contribution in [0.1, 0.15) is 5.56 Å². The van der Waals surface area contributed by atoms with Crippen molar-refractivity contribution in [2.45, 2.75) is 0 Å². The first-order chi connectivity index (χ1) is 7.26. The summed E-state index contributed by atoms with van der Waals surface area (Å²) >= 11 is 0. The lowest BCUT2D eigenvalue weighted by Crippen LogP contribution is -1.97. The number of benzene rings is 1. The summed E-state index contributed by atoms with van der Waals surface area (Å²) in [5.41, 5.74) is 0.784. The molecule has 0 aliphatic rings. The molecule has 5 nitrogen and oxygen atoms in total. The van der Waals surface area contributed by atoms with Gasteiger partial charge in [-0.3, -0.25) is 0 Å². The Labute approximate surface area is 88.4 Å². The second-order valence-electron chi connectivity index (χ2n) is 2.74. The molecule has 0 heterocycles. The Morgan fingerprint density at radius 2 is 1.60 bits per heavy atom. The smallest absolute Gasteiger partial charge is 0.203 e. The Bertz CT molecular complexity index is 339. The highest BCUT2D eigenvalue weighted by molar-refractivity contribution is 5.82. The van der Waals surface area contributed by atoms with Crippen molar-refractivity contribution in [2.24, 2.45) is 10.9 Å². The fraction of sp³-hybridized carbons (Fsp3) is 0.300. The number of methoxy groups -OCH3 is 3. The number of ether oxygens (including phenoxy) is 3. The second kappa shape index (κ2) is 5.09. The molecule has 0 saturated heterocycles. The SMILES string of the molecule is COc1cc(/C=N/N)cc(OC)c1OC. The lowest BCUT2D eigenvalue weighted by atomic mass is 10.2. The summed E-state index contributed by atoms with van der Waals surface area (Å²) in [6, 6.07) is 3.52. The molecule has 1 aromatic carbocycles. The van der Waals surface area contributed by atoms with Crippen LogP contribution in [0.3, 0.4) is 0 Å². The monoisotopic (exact) mass is 210 g/mol. The third kappa shape index (κ3) is 2.31. The van der Waals surface area contributed by atoms with E-state index < -0.39 is 0 Å². The van der Waals surface area contributed by atoms with Crippen molar-refractivity contribution in [2.75, 3.05) is 21.3 Å². The zero-order chi connectivity index (χ0) is 11.3. The molecule has 2 N–H and O–H groups in total. The van der Waals surface area contributed by atoms with Crippen LogP contribution in [0.25, 0.3) is 0 Å². The number of hydrogen-bond acceptors (Lipinski definition) is 5. The molecule has 1 aromatic rings. The molecule has 0 atom stereocenters.